The monoisotopic (exact) mass is 392 g/mol. The molecule has 0 bridgehead atoms. The van der Waals surface area contributed by atoms with E-state index in [1.165, 1.54) is 19.4 Å². The first-order chi connectivity index (χ1) is 13.5. The van der Waals surface area contributed by atoms with Crippen LogP contribution in [0.2, 0.25) is 0 Å². The first-order valence-corrected chi connectivity index (χ1v) is 9.99. The Kier molecular flexibility index (Phi) is 8.70. The summed E-state index contributed by atoms with van der Waals surface area (Å²) in [5, 5.41) is 6.85. The molecule has 1 heterocycles. The molecule has 1 aliphatic rings. The molecular weight excluding hydrogens is 356 g/mol. The summed E-state index contributed by atoms with van der Waals surface area (Å²) in [7, 11) is 6.65. The van der Waals surface area contributed by atoms with E-state index in [0.29, 0.717) is 35.8 Å². The first-order valence-electron chi connectivity index (χ1n) is 9.99. The Balaban J connectivity index is 1.93. The van der Waals surface area contributed by atoms with E-state index < -0.39 is 0 Å². The van der Waals surface area contributed by atoms with Crippen LogP contribution in [0.1, 0.15) is 32.3 Å². The van der Waals surface area contributed by atoms with Crippen LogP contribution >= 0.6 is 0 Å². The molecule has 0 spiro atoms. The molecule has 1 aromatic carbocycles. The van der Waals surface area contributed by atoms with Gasteiger partial charge in [0.2, 0.25) is 5.75 Å². The number of hydrogen-bond acceptors (Lipinski definition) is 5. The van der Waals surface area contributed by atoms with Gasteiger partial charge in [-0.05, 0) is 43.0 Å². The molecule has 1 fully saturated rings. The van der Waals surface area contributed by atoms with Crippen LogP contribution in [0.15, 0.2) is 17.1 Å². The van der Waals surface area contributed by atoms with Crippen molar-refractivity contribution in [3.8, 4) is 17.2 Å². The van der Waals surface area contributed by atoms with Crippen molar-refractivity contribution in [1.29, 1.82) is 0 Å². The number of benzene rings is 1. The van der Waals surface area contributed by atoms with Crippen molar-refractivity contribution >= 4 is 5.96 Å². The number of methoxy groups -OCH3 is 3. The maximum Gasteiger partial charge on any atom is 0.203 e. The predicted molar refractivity (Wildman–Crippen MR) is 114 cm³/mol. The van der Waals surface area contributed by atoms with Gasteiger partial charge in [-0.3, -0.25) is 9.89 Å². The zero-order chi connectivity index (χ0) is 20.5. The molecule has 0 amide bonds. The number of aliphatic imine (C=N–C) groups is 1. The largest absolute Gasteiger partial charge is 0.493 e. The van der Waals surface area contributed by atoms with Gasteiger partial charge in [-0.15, -0.1) is 0 Å². The fourth-order valence-electron chi connectivity index (χ4n) is 3.69. The molecule has 1 saturated heterocycles. The number of nitrogens with zero attached hydrogens (tertiary/aromatic N) is 2. The summed E-state index contributed by atoms with van der Waals surface area (Å²) in [5.74, 6) is 3.39. The molecule has 0 aliphatic carbocycles. The lowest BCUT2D eigenvalue weighted by molar-refractivity contribution is 0.226. The van der Waals surface area contributed by atoms with Crippen molar-refractivity contribution in [2.75, 3.05) is 48.0 Å². The zero-order valence-electron chi connectivity index (χ0n) is 18.2. The standard InChI is InChI=1S/C21H36N4O3/c1-15(2)14-25-9-7-8-17(25)13-24-21(22-3)23-12-16-10-18(26-4)20(28-6)19(11-16)27-5/h10-11,15,17H,7-9,12-14H2,1-6H3,(H2,22,23,24)/t17-/m1/s1. The topological polar surface area (TPSA) is 67.4 Å². The van der Waals surface area contributed by atoms with Gasteiger partial charge in [0.05, 0.1) is 21.3 Å². The van der Waals surface area contributed by atoms with E-state index in [1.807, 2.05) is 12.1 Å². The van der Waals surface area contributed by atoms with Crippen molar-refractivity contribution in [3.63, 3.8) is 0 Å². The van der Waals surface area contributed by atoms with Crippen LogP contribution in [-0.2, 0) is 6.54 Å². The number of rotatable bonds is 9. The summed E-state index contributed by atoms with van der Waals surface area (Å²) < 4.78 is 16.2. The molecule has 2 rings (SSSR count). The first kappa shape index (κ1) is 22.1. The van der Waals surface area contributed by atoms with Gasteiger partial charge < -0.3 is 24.8 Å². The third-order valence-corrected chi connectivity index (χ3v) is 5.01. The van der Waals surface area contributed by atoms with Crippen molar-refractivity contribution < 1.29 is 14.2 Å². The highest BCUT2D eigenvalue weighted by molar-refractivity contribution is 5.79. The van der Waals surface area contributed by atoms with Crippen LogP contribution in [0.4, 0.5) is 0 Å². The van der Waals surface area contributed by atoms with Crippen molar-refractivity contribution in [1.82, 2.24) is 15.5 Å². The van der Waals surface area contributed by atoms with E-state index in [9.17, 15) is 0 Å². The van der Waals surface area contributed by atoms with Crippen LogP contribution in [-0.4, -0.2) is 64.9 Å². The average Bonchev–Trinajstić information content (AvgIpc) is 3.13. The molecule has 0 saturated carbocycles. The van der Waals surface area contributed by atoms with Crippen LogP contribution in [0.5, 0.6) is 17.2 Å². The van der Waals surface area contributed by atoms with Gasteiger partial charge in [-0.2, -0.15) is 0 Å². The minimum absolute atomic E-state index is 0.571. The van der Waals surface area contributed by atoms with Gasteiger partial charge >= 0.3 is 0 Å². The van der Waals surface area contributed by atoms with E-state index in [1.54, 1.807) is 28.4 Å². The third-order valence-electron chi connectivity index (χ3n) is 5.01. The number of hydrogen-bond donors (Lipinski definition) is 2. The number of likely N-dealkylation sites (tertiary alicyclic amines) is 1. The van der Waals surface area contributed by atoms with Gasteiger partial charge in [0.25, 0.3) is 0 Å². The Hall–Kier alpha value is -2.15. The Labute approximate surface area is 169 Å². The fourth-order valence-corrected chi connectivity index (χ4v) is 3.69. The van der Waals surface area contributed by atoms with Crippen LogP contribution in [0.3, 0.4) is 0 Å². The number of ether oxygens (including phenoxy) is 3. The number of nitrogens with one attached hydrogen (secondary N) is 2. The van der Waals surface area contributed by atoms with E-state index in [2.05, 4.69) is 34.4 Å². The second kappa shape index (κ2) is 11.0. The van der Waals surface area contributed by atoms with Crippen molar-refractivity contribution in [3.05, 3.63) is 17.7 Å². The van der Waals surface area contributed by atoms with Crippen LogP contribution < -0.4 is 24.8 Å². The van der Waals surface area contributed by atoms with Gasteiger partial charge in [-0.25, -0.2) is 0 Å². The second-order valence-electron chi connectivity index (χ2n) is 7.53. The lowest BCUT2D eigenvalue weighted by Gasteiger charge is -2.27. The fraction of sp³-hybridized carbons (Fsp3) is 0.667. The molecule has 158 valence electrons. The minimum atomic E-state index is 0.571. The summed E-state index contributed by atoms with van der Waals surface area (Å²) in [6.07, 6.45) is 2.51. The van der Waals surface area contributed by atoms with Gasteiger partial charge in [-0.1, -0.05) is 13.8 Å². The molecule has 2 N–H and O–H groups in total. The molecule has 28 heavy (non-hydrogen) atoms. The molecular formula is C21H36N4O3. The van der Waals surface area contributed by atoms with Gasteiger partial charge in [0.15, 0.2) is 17.5 Å². The van der Waals surface area contributed by atoms with Gasteiger partial charge in [0.1, 0.15) is 0 Å². The molecule has 0 radical (unpaired) electrons. The molecule has 1 atom stereocenters. The Morgan fingerprint density at radius 3 is 2.36 bits per heavy atom. The molecule has 7 heteroatoms. The molecule has 1 aromatic rings. The van der Waals surface area contributed by atoms with Crippen LogP contribution in [0, 0.1) is 5.92 Å². The Bertz CT molecular complexity index is 624. The zero-order valence-corrected chi connectivity index (χ0v) is 18.2. The molecule has 7 nitrogen and oxygen atoms in total. The Morgan fingerprint density at radius 1 is 1.14 bits per heavy atom. The summed E-state index contributed by atoms with van der Waals surface area (Å²) in [6.45, 7) is 8.42. The quantitative estimate of drug-likeness (QED) is 0.497. The summed E-state index contributed by atoms with van der Waals surface area (Å²) in [4.78, 5) is 6.95. The maximum atomic E-state index is 5.43. The third kappa shape index (κ3) is 5.92. The van der Waals surface area contributed by atoms with Crippen molar-refractivity contribution in [2.45, 2.75) is 39.3 Å². The molecule has 0 aromatic heterocycles. The molecule has 1 aliphatic heterocycles. The summed E-state index contributed by atoms with van der Waals surface area (Å²) in [6, 6.07) is 4.47. The van der Waals surface area contributed by atoms with E-state index in [0.717, 1.165) is 24.6 Å². The Morgan fingerprint density at radius 2 is 1.82 bits per heavy atom. The van der Waals surface area contributed by atoms with Crippen molar-refractivity contribution in [2.24, 2.45) is 10.9 Å². The highest BCUT2D eigenvalue weighted by Gasteiger charge is 2.24. The predicted octanol–water partition coefficient (Wildman–Crippen LogP) is 2.50. The maximum absolute atomic E-state index is 5.43. The van der Waals surface area contributed by atoms with E-state index in [4.69, 9.17) is 14.2 Å². The van der Waals surface area contributed by atoms with E-state index in [-0.39, 0.29) is 0 Å². The average molecular weight is 393 g/mol. The summed E-state index contributed by atoms with van der Waals surface area (Å²) in [5.41, 5.74) is 1.03. The van der Waals surface area contributed by atoms with Crippen LogP contribution in [0.25, 0.3) is 0 Å². The lowest BCUT2D eigenvalue weighted by Crippen LogP contribution is -2.45. The lowest BCUT2D eigenvalue weighted by atomic mass is 10.1. The number of guanidine groups is 1. The van der Waals surface area contributed by atoms with E-state index >= 15 is 0 Å². The second-order valence-corrected chi connectivity index (χ2v) is 7.53. The normalized spacial score (nSPS) is 17.7. The SMILES string of the molecule is CN=C(NCc1cc(OC)c(OC)c(OC)c1)NC[C@H]1CCCN1CC(C)C. The van der Waals surface area contributed by atoms with Gasteiger partial charge in [0, 0.05) is 32.7 Å². The highest BCUT2D eigenvalue weighted by atomic mass is 16.5. The minimum Gasteiger partial charge on any atom is -0.493 e. The summed E-state index contributed by atoms with van der Waals surface area (Å²) >= 11 is 0. The molecule has 0 unspecified atom stereocenters. The highest BCUT2D eigenvalue weighted by Crippen LogP contribution is 2.38. The smallest absolute Gasteiger partial charge is 0.203 e.